The monoisotopic (exact) mass is 449 g/mol. The summed E-state index contributed by atoms with van der Waals surface area (Å²) in [5.74, 6) is 1.18. The molecule has 2 aromatic heterocycles. The zero-order chi connectivity index (χ0) is 22.9. The molecule has 3 aromatic rings. The first kappa shape index (κ1) is 21.2. The number of morpholine rings is 1. The van der Waals surface area contributed by atoms with Crippen molar-refractivity contribution in [2.75, 3.05) is 43.1 Å². The number of hydrogen-bond donors (Lipinski definition) is 3. The van der Waals surface area contributed by atoms with E-state index >= 15 is 0 Å². The maximum Gasteiger partial charge on any atom is 0.289 e. The predicted molar refractivity (Wildman–Crippen MR) is 124 cm³/mol. The number of fused-ring (bicyclic) bond motifs is 1. The average Bonchev–Trinajstić information content (AvgIpc) is 3.47. The van der Waals surface area contributed by atoms with E-state index in [1.165, 1.54) is 0 Å². The summed E-state index contributed by atoms with van der Waals surface area (Å²) < 4.78 is 7.07. The number of phenols is 1. The van der Waals surface area contributed by atoms with Crippen LogP contribution in [0.3, 0.4) is 0 Å². The Labute approximate surface area is 191 Å². The molecule has 33 heavy (non-hydrogen) atoms. The Morgan fingerprint density at radius 2 is 2.00 bits per heavy atom. The van der Waals surface area contributed by atoms with Crippen LogP contribution in [0.2, 0.25) is 0 Å². The molecule has 1 saturated heterocycles. The summed E-state index contributed by atoms with van der Waals surface area (Å²) in [7, 11) is 0. The highest BCUT2D eigenvalue weighted by molar-refractivity contribution is 5.92. The van der Waals surface area contributed by atoms with Gasteiger partial charge in [-0.1, -0.05) is 0 Å². The van der Waals surface area contributed by atoms with Crippen molar-refractivity contribution < 1.29 is 14.6 Å². The van der Waals surface area contributed by atoms with Crippen LogP contribution < -0.4 is 15.5 Å². The second-order valence-corrected chi connectivity index (χ2v) is 8.45. The quantitative estimate of drug-likeness (QED) is 0.541. The van der Waals surface area contributed by atoms with Crippen molar-refractivity contribution in [1.82, 2.24) is 25.1 Å². The molecule has 2 aliphatic heterocycles. The van der Waals surface area contributed by atoms with Crippen LogP contribution in [0.15, 0.2) is 30.5 Å². The van der Waals surface area contributed by atoms with Gasteiger partial charge in [-0.3, -0.25) is 9.36 Å². The maximum atomic E-state index is 12.9. The number of amides is 1. The van der Waals surface area contributed by atoms with E-state index in [2.05, 4.69) is 30.7 Å². The largest absolute Gasteiger partial charge is 0.507 e. The van der Waals surface area contributed by atoms with Gasteiger partial charge in [-0.15, -0.1) is 10.2 Å². The van der Waals surface area contributed by atoms with Crippen LogP contribution in [-0.2, 0) is 11.2 Å². The number of nitrogens with one attached hydrogen (secondary N) is 2. The summed E-state index contributed by atoms with van der Waals surface area (Å²) in [4.78, 5) is 19.7. The van der Waals surface area contributed by atoms with Gasteiger partial charge in [-0.2, -0.15) is 0 Å². The van der Waals surface area contributed by atoms with Gasteiger partial charge in [0.1, 0.15) is 11.6 Å². The SMILES string of the molecule is CC(C)NC(=O)c1nnc(-c2ccc3c(c2O)CCN3)n1-c1ccc(N2CCOCC2)nc1. The van der Waals surface area contributed by atoms with E-state index in [-0.39, 0.29) is 23.5 Å². The van der Waals surface area contributed by atoms with E-state index in [0.29, 0.717) is 30.3 Å². The fourth-order valence-electron chi connectivity index (χ4n) is 4.22. The molecule has 0 bridgehead atoms. The predicted octanol–water partition coefficient (Wildman–Crippen LogP) is 1.98. The van der Waals surface area contributed by atoms with Crippen molar-refractivity contribution in [2.24, 2.45) is 0 Å². The van der Waals surface area contributed by atoms with Crippen LogP contribution in [0.1, 0.15) is 30.0 Å². The number of rotatable bonds is 5. The molecule has 0 saturated carbocycles. The summed E-state index contributed by atoms with van der Waals surface area (Å²) in [6, 6.07) is 7.47. The standard InChI is InChI=1S/C23H27N7O3/c1-14(2)26-23(32)22-28-27-21(17-4-5-18-16(20(17)31)7-8-24-18)30(22)15-3-6-19(25-13-15)29-9-11-33-12-10-29/h3-6,13-14,24,31H,7-12H2,1-2H3,(H,26,32). The van der Waals surface area contributed by atoms with E-state index in [0.717, 1.165) is 43.1 Å². The Hall–Kier alpha value is -3.66. The Kier molecular flexibility index (Phi) is 5.59. The third-order valence-electron chi connectivity index (χ3n) is 5.83. The van der Waals surface area contributed by atoms with E-state index in [4.69, 9.17) is 4.74 Å². The number of aromatic hydroxyl groups is 1. The molecule has 172 valence electrons. The highest BCUT2D eigenvalue weighted by atomic mass is 16.5. The molecular formula is C23H27N7O3. The molecule has 1 fully saturated rings. The van der Waals surface area contributed by atoms with Crippen LogP contribution in [-0.4, -0.2) is 69.7 Å². The molecule has 0 unspecified atom stereocenters. The third kappa shape index (κ3) is 3.97. The molecule has 1 amide bonds. The summed E-state index contributed by atoms with van der Waals surface area (Å²) in [5.41, 5.74) is 2.91. The minimum absolute atomic E-state index is 0.0626. The highest BCUT2D eigenvalue weighted by Gasteiger charge is 2.26. The number of carbonyl (C=O) groups excluding carboxylic acids is 1. The zero-order valence-corrected chi connectivity index (χ0v) is 18.7. The molecule has 0 radical (unpaired) electrons. The Bertz CT molecular complexity index is 1170. The average molecular weight is 450 g/mol. The van der Waals surface area contributed by atoms with Crippen molar-refractivity contribution in [2.45, 2.75) is 26.3 Å². The molecule has 10 heteroatoms. The van der Waals surface area contributed by atoms with Gasteiger partial charge in [0.15, 0.2) is 5.82 Å². The van der Waals surface area contributed by atoms with Crippen molar-refractivity contribution in [3.05, 3.63) is 41.9 Å². The molecule has 5 rings (SSSR count). The van der Waals surface area contributed by atoms with Crippen molar-refractivity contribution in [1.29, 1.82) is 0 Å². The smallest absolute Gasteiger partial charge is 0.289 e. The summed E-state index contributed by atoms with van der Waals surface area (Å²) in [6.07, 6.45) is 2.43. The van der Waals surface area contributed by atoms with E-state index < -0.39 is 0 Å². The van der Waals surface area contributed by atoms with Gasteiger partial charge in [-0.25, -0.2) is 4.98 Å². The van der Waals surface area contributed by atoms with E-state index in [9.17, 15) is 9.90 Å². The van der Waals surface area contributed by atoms with Crippen LogP contribution >= 0.6 is 0 Å². The lowest BCUT2D eigenvalue weighted by Gasteiger charge is -2.27. The van der Waals surface area contributed by atoms with Gasteiger partial charge in [0.05, 0.1) is 30.7 Å². The first-order valence-corrected chi connectivity index (χ1v) is 11.2. The number of nitrogens with zero attached hydrogens (tertiary/aromatic N) is 5. The normalized spacial score (nSPS) is 15.4. The number of ether oxygens (including phenoxy) is 1. The van der Waals surface area contributed by atoms with Crippen molar-refractivity contribution >= 4 is 17.4 Å². The lowest BCUT2D eigenvalue weighted by molar-refractivity contribution is 0.0930. The van der Waals surface area contributed by atoms with Crippen LogP contribution in [0.4, 0.5) is 11.5 Å². The van der Waals surface area contributed by atoms with Crippen LogP contribution in [0.25, 0.3) is 17.1 Å². The second-order valence-electron chi connectivity index (χ2n) is 8.45. The van der Waals surface area contributed by atoms with Crippen molar-refractivity contribution in [3.8, 4) is 22.8 Å². The minimum atomic E-state index is -0.344. The number of carbonyl (C=O) groups is 1. The lowest BCUT2D eigenvalue weighted by Crippen LogP contribution is -2.36. The summed E-state index contributed by atoms with van der Waals surface area (Å²) in [5, 5.41) is 25.6. The first-order valence-electron chi connectivity index (χ1n) is 11.2. The van der Waals surface area contributed by atoms with Gasteiger partial charge in [-0.05, 0) is 44.5 Å². The molecule has 1 aromatic carbocycles. The Balaban J connectivity index is 1.59. The Morgan fingerprint density at radius 1 is 1.18 bits per heavy atom. The highest BCUT2D eigenvalue weighted by Crippen LogP contribution is 2.39. The van der Waals surface area contributed by atoms with Gasteiger partial charge < -0.3 is 25.4 Å². The van der Waals surface area contributed by atoms with Crippen LogP contribution in [0.5, 0.6) is 5.75 Å². The topological polar surface area (TPSA) is 117 Å². The summed E-state index contributed by atoms with van der Waals surface area (Å²) in [6.45, 7) is 7.45. The number of pyridine rings is 1. The van der Waals surface area contributed by atoms with Gasteiger partial charge in [0.2, 0.25) is 5.82 Å². The molecule has 0 atom stereocenters. The first-order chi connectivity index (χ1) is 16.0. The molecule has 0 spiro atoms. The number of anilines is 2. The second kappa shape index (κ2) is 8.70. The minimum Gasteiger partial charge on any atom is -0.507 e. The van der Waals surface area contributed by atoms with Gasteiger partial charge in [0, 0.05) is 36.9 Å². The zero-order valence-electron chi connectivity index (χ0n) is 18.7. The van der Waals surface area contributed by atoms with Gasteiger partial charge in [0.25, 0.3) is 5.91 Å². The van der Waals surface area contributed by atoms with Crippen LogP contribution in [0, 0.1) is 0 Å². The molecule has 3 N–H and O–H groups in total. The molecular weight excluding hydrogens is 422 g/mol. The summed E-state index contributed by atoms with van der Waals surface area (Å²) >= 11 is 0. The number of aromatic nitrogens is 4. The fraction of sp³-hybridized carbons (Fsp3) is 0.391. The molecule has 4 heterocycles. The Morgan fingerprint density at radius 3 is 2.73 bits per heavy atom. The number of phenolic OH excluding ortho intramolecular Hbond substituents is 1. The molecule has 2 aliphatic rings. The fourth-order valence-corrected chi connectivity index (χ4v) is 4.22. The third-order valence-corrected chi connectivity index (χ3v) is 5.83. The van der Waals surface area contributed by atoms with E-state index in [1.807, 2.05) is 32.0 Å². The number of benzene rings is 1. The lowest BCUT2D eigenvalue weighted by atomic mass is 10.1. The van der Waals surface area contributed by atoms with E-state index in [1.54, 1.807) is 16.8 Å². The maximum absolute atomic E-state index is 12.9. The van der Waals surface area contributed by atoms with Gasteiger partial charge >= 0.3 is 0 Å². The van der Waals surface area contributed by atoms with Crippen molar-refractivity contribution in [3.63, 3.8) is 0 Å². The molecule has 10 nitrogen and oxygen atoms in total. The molecule has 0 aliphatic carbocycles. The number of hydrogen-bond acceptors (Lipinski definition) is 8.